The van der Waals surface area contributed by atoms with Gasteiger partial charge in [-0.15, -0.1) is 0 Å². The van der Waals surface area contributed by atoms with Gasteiger partial charge in [0.05, 0.1) is 6.10 Å². The fraction of sp³-hybridized carbons (Fsp3) is 0.611. The third kappa shape index (κ3) is 4.92. The molecule has 0 bridgehead atoms. The van der Waals surface area contributed by atoms with Crippen molar-refractivity contribution in [2.45, 2.75) is 83.8 Å². The van der Waals surface area contributed by atoms with Gasteiger partial charge in [0.15, 0.2) is 0 Å². The van der Waals surface area contributed by atoms with Gasteiger partial charge in [0.1, 0.15) is 0 Å². The first kappa shape index (κ1) is 28.5. The Bertz CT molecular complexity index is 1230. The minimum atomic E-state index is -0.356. The Morgan fingerprint density at radius 2 is 1.59 bits per heavy atom. The molecule has 4 aliphatic rings. The van der Waals surface area contributed by atoms with Crippen molar-refractivity contribution in [1.82, 2.24) is 10.2 Å². The number of hydrogen-bond acceptors (Lipinski definition) is 3. The largest absolute Gasteiger partial charge is 0.393 e. The van der Waals surface area contributed by atoms with Gasteiger partial charge in [-0.05, 0) is 129 Å². The lowest BCUT2D eigenvalue weighted by atomic mass is 9.44. The van der Waals surface area contributed by atoms with E-state index in [1.54, 1.807) is 0 Å². The molecule has 5 heteroatoms. The van der Waals surface area contributed by atoms with E-state index >= 15 is 0 Å². The Hall–Kier alpha value is -2.66. The molecular formula is C36H48N2O3. The number of nitrogens with one attached hydrogen (secondary N) is 1. The van der Waals surface area contributed by atoms with Crippen molar-refractivity contribution in [2.75, 3.05) is 13.6 Å². The lowest BCUT2D eigenvalue weighted by molar-refractivity contribution is -0.128. The van der Waals surface area contributed by atoms with Crippen molar-refractivity contribution in [2.24, 2.45) is 40.4 Å². The zero-order valence-corrected chi connectivity index (χ0v) is 25.1. The highest BCUT2D eigenvalue weighted by Gasteiger charge is 2.62. The zero-order chi connectivity index (χ0) is 28.8. The Labute approximate surface area is 246 Å². The second-order valence-electron chi connectivity index (χ2n) is 14.1. The van der Waals surface area contributed by atoms with Gasteiger partial charge in [-0.25, -0.2) is 0 Å². The van der Waals surface area contributed by atoms with Crippen LogP contribution in [0.4, 0.5) is 0 Å². The number of benzene rings is 2. The van der Waals surface area contributed by atoms with E-state index < -0.39 is 0 Å². The predicted molar refractivity (Wildman–Crippen MR) is 162 cm³/mol. The van der Waals surface area contributed by atoms with Gasteiger partial charge in [0.25, 0.3) is 11.8 Å². The molecule has 0 saturated heterocycles. The molecule has 2 aromatic carbocycles. The van der Waals surface area contributed by atoms with Crippen molar-refractivity contribution in [3.8, 4) is 0 Å². The first-order valence-corrected chi connectivity index (χ1v) is 16.1. The van der Waals surface area contributed by atoms with Crippen molar-refractivity contribution >= 4 is 11.8 Å². The Morgan fingerprint density at radius 3 is 2.27 bits per heavy atom. The van der Waals surface area contributed by atoms with Crippen LogP contribution < -0.4 is 5.32 Å². The van der Waals surface area contributed by atoms with Gasteiger partial charge in [-0.1, -0.05) is 43.3 Å². The maximum absolute atomic E-state index is 13.2. The quantitative estimate of drug-likeness (QED) is 0.422. The summed E-state index contributed by atoms with van der Waals surface area (Å²) in [5, 5.41) is 14.3. The number of aliphatic hydroxyl groups excluding tert-OH is 1. The summed E-state index contributed by atoms with van der Waals surface area (Å²) in [6.07, 6.45) is 9.95. The average molecular weight is 557 g/mol. The molecule has 9 atom stereocenters. The van der Waals surface area contributed by atoms with Crippen LogP contribution in [0.3, 0.4) is 0 Å². The lowest BCUT2D eigenvalue weighted by Crippen LogP contribution is -2.58. The molecule has 0 spiro atoms. The summed E-state index contributed by atoms with van der Waals surface area (Å²) in [6, 6.07) is 19.5. The van der Waals surface area contributed by atoms with Crippen LogP contribution in [0.25, 0.3) is 0 Å². The topological polar surface area (TPSA) is 69.6 Å². The molecule has 2 aromatic rings. The number of fused-ring (bicyclic) bond motifs is 5. The Balaban J connectivity index is 1.18. The van der Waals surface area contributed by atoms with Crippen molar-refractivity contribution in [3.63, 3.8) is 0 Å². The lowest BCUT2D eigenvalue weighted by Gasteiger charge is -2.62. The molecule has 0 aliphatic heterocycles. The summed E-state index contributed by atoms with van der Waals surface area (Å²) >= 11 is 0. The molecule has 4 saturated carbocycles. The standard InChI is InChI=1S/C36H48N2O3/c1-24(39)30-16-17-32-29-15-14-27-22-28(38(3)34(41)26-12-8-5-9-13-26)18-20-35(27,2)31(29)19-21-36(30,32)23-37-33(40)25-10-6-4-7-11-25/h4-13,24,27-32,39H,14-23H2,1-3H3,(H,37,40)/t24-,27-,28-,29+,30+,31-,32-,35-,36-/m0/s1. The number of nitrogens with zero attached hydrogens (tertiary/aromatic N) is 1. The van der Waals surface area contributed by atoms with Gasteiger partial charge >= 0.3 is 0 Å². The van der Waals surface area contributed by atoms with Crippen LogP contribution >= 0.6 is 0 Å². The average Bonchev–Trinajstić information content (AvgIpc) is 3.40. The summed E-state index contributed by atoms with van der Waals surface area (Å²) in [5.41, 5.74) is 1.77. The molecule has 0 unspecified atom stereocenters. The van der Waals surface area contributed by atoms with E-state index in [9.17, 15) is 14.7 Å². The van der Waals surface area contributed by atoms with Crippen LogP contribution in [0.15, 0.2) is 60.7 Å². The Kier molecular flexibility index (Phi) is 7.78. The molecule has 0 radical (unpaired) electrons. The minimum Gasteiger partial charge on any atom is -0.393 e. The highest BCUT2D eigenvalue weighted by atomic mass is 16.3. The monoisotopic (exact) mass is 556 g/mol. The summed E-state index contributed by atoms with van der Waals surface area (Å²) in [6.45, 7) is 5.19. The molecule has 220 valence electrons. The van der Waals surface area contributed by atoms with Crippen molar-refractivity contribution in [1.29, 1.82) is 0 Å². The second kappa shape index (κ2) is 11.2. The van der Waals surface area contributed by atoms with Crippen LogP contribution in [0.1, 0.15) is 92.4 Å². The van der Waals surface area contributed by atoms with Crippen LogP contribution in [0.2, 0.25) is 0 Å². The number of carbonyl (C=O) groups excluding carboxylic acids is 2. The van der Waals surface area contributed by atoms with E-state index in [2.05, 4.69) is 12.2 Å². The molecule has 4 fully saturated rings. The molecule has 2 amide bonds. The molecule has 0 heterocycles. The number of aliphatic hydroxyl groups is 1. The van der Waals surface area contributed by atoms with E-state index in [0.29, 0.717) is 47.2 Å². The molecular weight excluding hydrogens is 508 g/mol. The molecule has 5 nitrogen and oxygen atoms in total. The van der Waals surface area contributed by atoms with E-state index in [1.165, 1.54) is 25.7 Å². The predicted octanol–water partition coefficient (Wildman–Crippen LogP) is 6.58. The molecule has 41 heavy (non-hydrogen) atoms. The highest BCUT2D eigenvalue weighted by Crippen LogP contribution is 2.68. The fourth-order valence-electron chi connectivity index (χ4n) is 10.4. The second-order valence-corrected chi connectivity index (χ2v) is 14.1. The van der Waals surface area contributed by atoms with Crippen LogP contribution in [0.5, 0.6) is 0 Å². The minimum absolute atomic E-state index is 0.000235. The fourth-order valence-corrected chi connectivity index (χ4v) is 10.4. The summed E-state index contributed by atoms with van der Waals surface area (Å²) in [5.74, 6) is 2.92. The smallest absolute Gasteiger partial charge is 0.253 e. The Morgan fingerprint density at radius 1 is 0.902 bits per heavy atom. The van der Waals surface area contributed by atoms with E-state index in [1.807, 2.05) is 79.5 Å². The first-order valence-electron chi connectivity index (χ1n) is 16.1. The van der Waals surface area contributed by atoms with Crippen LogP contribution in [-0.2, 0) is 0 Å². The maximum Gasteiger partial charge on any atom is 0.253 e. The van der Waals surface area contributed by atoms with Crippen LogP contribution in [-0.4, -0.2) is 47.6 Å². The molecule has 6 rings (SSSR count). The number of amides is 2. The van der Waals surface area contributed by atoms with E-state index in [4.69, 9.17) is 0 Å². The number of rotatable bonds is 6. The van der Waals surface area contributed by atoms with Gasteiger partial charge in [-0.3, -0.25) is 9.59 Å². The van der Waals surface area contributed by atoms with E-state index in [-0.39, 0.29) is 29.3 Å². The van der Waals surface area contributed by atoms with Gasteiger partial charge in [-0.2, -0.15) is 0 Å². The SMILES string of the molecule is C[C@H](O)[C@H]1CC[C@H]2[C@@H]3CC[C@H]4C[C@@H](N(C)C(=O)c5ccccc5)CC[C@]4(C)[C@H]3CC[C@]12CNC(=O)c1ccccc1. The van der Waals surface area contributed by atoms with Gasteiger partial charge in [0.2, 0.25) is 0 Å². The third-order valence-electron chi connectivity index (χ3n) is 12.5. The summed E-state index contributed by atoms with van der Waals surface area (Å²) in [4.78, 5) is 28.3. The van der Waals surface area contributed by atoms with Crippen molar-refractivity contribution < 1.29 is 14.7 Å². The molecule has 2 N–H and O–H groups in total. The normalized spacial score (nSPS) is 36.8. The van der Waals surface area contributed by atoms with Gasteiger partial charge < -0.3 is 15.3 Å². The first-order chi connectivity index (χ1) is 19.7. The third-order valence-corrected chi connectivity index (χ3v) is 12.5. The van der Waals surface area contributed by atoms with Crippen molar-refractivity contribution in [3.05, 3.63) is 71.8 Å². The number of carbonyl (C=O) groups is 2. The number of hydrogen-bond donors (Lipinski definition) is 2. The molecule has 4 aliphatic carbocycles. The van der Waals surface area contributed by atoms with Gasteiger partial charge in [0, 0.05) is 30.8 Å². The summed E-state index contributed by atoms with van der Waals surface area (Å²) in [7, 11) is 2.00. The highest BCUT2D eigenvalue weighted by molar-refractivity contribution is 5.94. The van der Waals surface area contributed by atoms with Crippen LogP contribution in [0, 0.1) is 40.4 Å². The molecule has 0 aromatic heterocycles. The van der Waals surface area contributed by atoms with E-state index in [0.717, 1.165) is 37.7 Å². The summed E-state index contributed by atoms with van der Waals surface area (Å²) < 4.78 is 0. The zero-order valence-electron chi connectivity index (χ0n) is 25.1. The maximum atomic E-state index is 13.2.